The molecule has 0 atom stereocenters. The van der Waals surface area contributed by atoms with E-state index in [2.05, 4.69) is 20.6 Å². The Morgan fingerprint density at radius 2 is 1.71 bits per heavy atom. The van der Waals surface area contributed by atoms with E-state index in [0.29, 0.717) is 5.82 Å². The summed E-state index contributed by atoms with van der Waals surface area (Å²) in [5, 5.41) is 11.6. The van der Waals surface area contributed by atoms with Gasteiger partial charge in [-0.3, -0.25) is 0 Å². The normalized spacial score (nSPS) is 11.9. The van der Waals surface area contributed by atoms with Crippen molar-refractivity contribution in [1.29, 1.82) is 0 Å². The van der Waals surface area contributed by atoms with Gasteiger partial charge >= 0.3 is 0 Å². The SMILES string of the molecule is CNc1nc2c(S(=O)(=O)c3ccccc3)nnn2c2ccccc12. The predicted molar refractivity (Wildman–Crippen MR) is 89.7 cm³/mol. The Bertz CT molecular complexity index is 1150. The summed E-state index contributed by atoms with van der Waals surface area (Å²) < 4.78 is 27.2. The zero-order chi connectivity index (χ0) is 16.7. The molecule has 0 aliphatic heterocycles. The fourth-order valence-electron chi connectivity index (χ4n) is 2.62. The Kier molecular flexibility index (Phi) is 3.20. The molecule has 1 N–H and O–H groups in total. The molecule has 7 nitrogen and oxygen atoms in total. The number of hydrogen-bond donors (Lipinski definition) is 1. The number of hydrogen-bond acceptors (Lipinski definition) is 6. The molecule has 0 fully saturated rings. The third-order valence-electron chi connectivity index (χ3n) is 3.77. The molecule has 0 bridgehead atoms. The van der Waals surface area contributed by atoms with Crippen molar-refractivity contribution in [1.82, 2.24) is 19.8 Å². The highest BCUT2D eigenvalue weighted by Crippen LogP contribution is 2.27. The summed E-state index contributed by atoms with van der Waals surface area (Å²) in [6.45, 7) is 0. The number of para-hydroxylation sites is 1. The van der Waals surface area contributed by atoms with Crippen LogP contribution in [0, 0.1) is 0 Å². The number of sulfone groups is 1. The van der Waals surface area contributed by atoms with Crippen LogP contribution in [0.15, 0.2) is 64.5 Å². The molecule has 0 radical (unpaired) electrons. The number of rotatable bonds is 3. The van der Waals surface area contributed by atoms with Crippen molar-refractivity contribution < 1.29 is 8.42 Å². The van der Waals surface area contributed by atoms with Gasteiger partial charge in [0.15, 0.2) is 5.65 Å². The van der Waals surface area contributed by atoms with Crippen molar-refractivity contribution in [2.75, 3.05) is 12.4 Å². The van der Waals surface area contributed by atoms with Crippen LogP contribution in [-0.2, 0) is 9.84 Å². The summed E-state index contributed by atoms with van der Waals surface area (Å²) >= 11 is 0. The second kappa shape index (κ2) is 5.27. The molecule has 2 aromatic heterocycles. The number of fused-ring (bicyclic) bond motifs is 3. The maximum absolute atomic E-state index is 12.9. The molecule has 4 aromatic rings. The van der Waals surface area contributed by atoms with Crippen molar-refractivity contribution in [3.8, 4) is 0 Å². The third kappa shape index (κ3) is 2.04. The second-order valence-corrected chi connectivity index (χ2v) is 7.04. The molecule has 0 aliphatic rings. The van der Waals surface area contributed by atoms with Crippen LogP contribution in [0.5, 0.6) is 0 Å². The molecule has 8 heteroatoms. The average Bonchev–Trinajstić information content (AvgIpc) is 3.06. The van der Waals surface area contributed by atoms with Gasteiger partial charge in [0.2, 0.25) is 14.9 Å². The van der Waals surface area contributed by atoms with E-state index in [4.69, 9.17) is 0 Å². The minimum absolute atomic E-state index is 0.157. The van der Waals surface area contributed by atoms with E-state index in [-0.39, 0.29) is 15.6 Å². The van der Waals surface area contributed by atoms with Gasteiger partial charge in [-0.25, -0.2) is 13.4 Å². The predicted octanol–water partition coefficient (Wildman–Crippen LogP) is 2.15. The lowest BCUT2D eigenvalue weighted by atomic mass is 10.2. The van der Waals surface area contributed by atoms with Gasteiger partial charge in [0.05, 0.1) is 10.4 Å². The van der Waals surface area contributed by atoms with Crippen LogP contribution in [0.4, 0.5) is 5.82 Å². The molecular formula is C16H13N5O2S. The number of anilines is 1. The number of nitrogens with one attached hydrogen (secondary N) is 1. The molecule has 0 unspecified atom stereocenters. The second-order valence-electron chi connectivity index (χ2n) is 5.17. The van der Waals surface area contributed by atoms with Crippen molar-refractivity contribution in [3.05, 3.63) is 54.6 Å². The van der Waals surface area contributed by atoms with E-state index in [1.54, 1.807) is 25.2 Å². The van der Waals surface area contributed by atoms with E-state index in [1.807, 2.05) is 24.3 Å². The van der Waals surface area contributed by atoms with Crippen LogP contribution in [-0.4, -0.2) is 35.3 Å². The molecular weight excluding hydrogens is 326 g/mol. The van der Waals surface area contributed by atoms with E-state index in [1.165, 1.54) is 16.6 Å². The highest BCUT2D eigenvalue weighted by Gasteiger charge is 2.26. The van der Waals surface area contributed by atoms with Gasteiger partial charge in [0.25, 0.3) is 0 Å². The van der Waals surface area contributed by atoms with Crippen molar-refractivity contribution >= 4 is 32.2 Å². The summed E-state index contributed by atoms with van der Waals surface area (Å²) in [7, 11) is -2.06. The monoisotopic (exact) mass is 339 g/mol. The van der Waals surface area contributed by atoms with E-state index in [9.17, 15) is 8.42 Å². The van der Waals surface area contributed by atoms with Gasteiger partial charge in [-0.1, -0.05) is 35.5 Å². The highest BCUT2D eigenvalue weighted by molar-refractivity contribution is 7.91. The van der Waals surface area contributed by atoms with Crippen LogP contribution in [0.25, 0.3) is 16.6 Å². The lowest BCUT2D eigenvalue weighted by Gasteiger charge is -2.07. The van der Waals surface area contributed by atoms with Gasteiger partial charge in [0, 0.05) is 12.4 Å². The lowest BCUT2D eigenvalue weighted by Crippen LogP contribution is -2.05. The van der Waals surface area contributed by atoms with Gasteiger partial charge in [-0.05, 0) is 24.3 Å². The first-order valence-corrected chi connectivity index (χ1v) is 8.73. The Hall–Kier alpha value is -3.00. The third-order valence-corrected chi connectivity index (χ3v) is 5.43. The molecule has 0 saturated heterocycles. The molecule has 120 valence electrons. The molecule has 0 aliphatic carbocycles. The zero-order valence-electron chi connectivity index (χ0n) is 12.7. The Balaban J connectivity index is 2.07. The number of aromatic nitrogens is 4. The largest absolute Gasteiger partial charge is 0.373 e. The smallest absolute Gasteiger partial charge is 0.229 e. The van der Waals surface area contributed by atoms with Crippen LogP contribution in [0.1, 0.15) is 0 Å². The van der Waals surface area contributed by atoms with Crippen LogP contribution in [0.3, 0.4) is 0 Å². The first kappa shape index (κ1) is 14.6. The van der Waals surface area contributed by atoms with Crippen LogP contribution in [0.2, 0.25) is 0 Å². The molecule has 0 spiro atoms. The minimum atomic E-state index is -3.80. The lowest BCUT2D eigenvalue weighted by molar-refractivity contribution is 0.592. The van der Waals surface area contributed by atoms with E-state index in [0.717, 1.165) is 10.9 Å². The maximum Gasteiger partial charge on any atom is 0.229 e. The van der Waals surface area contributed by atoms with Gasteiger partial charge in [0.1, 0.15) is 5.82 Å². The van der Waals surface area contributed by atoms with Crippen LogP contribution >= 0.6 is 0 Å². The van der Waals surface area contributed by atoms with E-state index >= 15 is 0 Å². The first-order valence-electron chi connectivity index (χ1n) is 7.25. The summed E-state index contributed by atoms with van der Waals surface area (Å²) in [6.07, 6.45) is 0. The molecule has 0 amide bonds. The summed E-state index contributed by atoms with van der Waals surface area (Å²) in [4.78, 5) is 4.58. The number of benzene rings is 2. The van der Waals surface area contributed by atoms with Crippen molar-refractivity contribution in [2.45, 2.75) is 9.92 Å². The number of nitrogens with zero attached hydrogens (tertiary/aromatic N) is 4. The van der Waals surface area contributed by atoms with Gasteiger partial charge in [-0.15, -0.1) is 5.10 Å². The topological polar surface area (TPSA) is 89.2 Å². The molecule has 2 heterocycles. The Morgan fingerprint density at radius 1 is 1.00 bits per heavy atom. The molecule has 0 saturated carbocycles. The summed E-state index contributed by atoms with van der Waals surface area (Å²) in [5.74, 6) is 0.574. The quantitative estimate of drug-likeness (QED) is 0.615. The Morgan fingerprint density at radius 3 is 2.46 bits per heavy atom. The fourth-order valence-corrected chi connectivity index (χ4v) is 3.88. The minimum Gasteiger partial charge on any atom is -0.373 e. The van der Waals surface area contributed by atoms with Gasteiger partial charge in [-0.2, -0.15) is 4.52 Å². The van der Waals surface area contributed by atoms with Crippen molar-refractivity contribution in [3.63, 3.8) is 0 Å². The Labute approximate surface area is 137 Å². The standard InChI is InChI=1S/C16H13N5O2S/c1-17-14-12-9-5-6-10-13(12)21-15(18-14)16(19-20-21)24(22,23)11-7-3-2-4-8-11/h2-10H,1H3,(H,17,18). The van der Waals surface area contributed by atoms with Crippen LogP contribution < -0.4 is 5.32 Å². The molecule has 4 rings (SSSR count). The molecule has 2 aromatic carbocycles. The molecule has 24 heavy (non-hydrogen) atoms. The van der Waals surface area contributed by atoms with E-state index < -0.39 is 9.84 Å². The highest BCUT2D eigenvalue weighted by atomic mass is 32.2. The first-order chi connectivity index (χ1) is 11.6. The summed E-state index contributed by atoms with van der Waals surface area (Å²) in [6, 6.07) is 15.6. The summed E-state index contributed by atoms with van der Waals surface area (Å²) in [5.41, 5.74) is 0.927. The average molecular weight is 339 g/mol. The van der Waals surface area contributed by atoms with Crippen molar-refractivity contribution in [2.24, 2.45) is 0 Å². The van der Waals surface area contributed by atoms with Gasteiger partial charge < -0.3 is 5.32 Å². The zero-order valence-corrected chi connectivity index (χ0v) is 13.5. The fraction of sp³-hybridized carbons (Fsp3) is 0.0625. The maximum atomic E-state index is 12.9.